The molecule has 0 spiro atoms. The van der Waals surface area contributed by atoms with Gasteiger partial charge in [0, 0.05) is 6.04 Å². The molecule has 0 aromatic heterocycles. The van der Waals surface area contributed by atoms with Gasteiger partial charge in [-0.1, -0.05) is 39.0 Å². The van der Waals surface area contributed by atoms with E-state index >= 15 is 0 Å². The fourth-order valence-corrected chi connectivity index (χ4v) is 2.18. The number of para-hydroxylation sites is 1. The van der Waals surface area contributed by atoms with Gasteiger partial charge < -0.3 is 14.8 Å². The van der Waals surface area contributed by atoms with Crippen molar-refractivity contribution in [2.24, 2.45) is 0 Å². The topological polar surface area (TPSA) is 64.6 Å². The van der Waals surface area contributed by atoms with Gasteiger partial charge in [-0.25, -0.2) is 4.79 Å². The summed E-state index contributed by atoms with van der Waals surface area (Å²) in [5, 5.41) is 2.80. The molecule has 1 N–H and O–H groups in total. The molecule has 0 heterocycles. The summed E-state index contributed by atoms with van der Waals surface area (Å²) < 4.78 is 10.7. The first-order valence-electron chi connectivity index (χ1n) is 7.99. The first-order valence-corrected chi connectivity index (χ1v) is 7.99. The lowest BCUT2D eigenvalue weighted by Crippen LogP contribution is -2.37. The summed E-state index contributed by atoms with van der Waals surface area (Å²) in [5.41, 5.74) is 0.935. The van der Waals surface area contributed by atoms with Crippen LogP contribution in [-0.4, -0.2) is 30.6 Å². The minimum atomic E-state index is -0.801. The Morgan fingerprint density at radius 2 is 1.91 bits per heavy atom. The number of carbonyl (C=O) groups is 2. The smallest absolute Gasteiger partial charge is 0.344 e. The molecule has 1 aliphatic carbocycles. The first kappa shape index (κ1) is 17.3. The second-order valence-corrected chi connectivity index (χ2v) is 6.95. The van der Waals surface area contributed by atoms with Crippen LogP contribution in [0.3, 0.4) is 0 Å². The molecule has 23 heavy (non-hydrogen) atoms. The number of benzene rings is 1. The van der Waals surface area contributed by atoms with Gasteiger partial charge in [-0.05, 0) is 36.8 Å². The summed E-state index contributed by atoms with van der Waals surface area (Å²) in [4.78, 5) is 23.6. The van der Waals surface area contributed by atoms with Gasteiger partial charge in [-0.15, -0.1) is 0 Å². The number of hydrogen-bond donors (Lipinski definition) is 1. The van der Waals surface area contributed by atoms with Crippen LogP contribution < -0.4 is 10.1 Å². The van der Waals surface area contributed by atoms with Gasteiger partial charge in [0.05, 0.1) is 0 Å². The minimum Gasteiger partial charge on any atom is -0.482 e. The van der Waals surface area contributed by atoms with Crippen molar-refractivity contribution in [1.82, 2.24) is 5.32 Å². The number of esters is 1. The Labute approximate surface area is 137 Å². The van der Waals surface area contributed by atoms with Crippen molar-refractivity contribution in [1.29, 1.82) is 0 Å². The zero-order valence-electron chi connectivity index (χ0n) is 14.2. The highest BCUT2D eigenvalue weighted by Gasteiger charge is 2.27. The molecule has 1 fully saturated rings. The van der Waals surface area contributed by atoms with Gasteiger partial charge in [0.25, 0.3) is 5.91 Å². The highest BCUT2D eigenvalue weighted by Crippen LogP contribution is 2.30. The van der Waals surface area contributed by atoms with E-state index in [1.54, 1.807) is 6.92 Å². The van der Waals surface area contributed by atoms with Gasteiger partial charge in [0.15, 0.2) is 12.7 Å². The van der Waals surface area contributed by atoms with E-state index in [0.717, 1.165) is 18.4 Å². The summed E-state index contributed by atoms with van der Waals surface area (Å²) >= 11 is 0. The summed E-state index contributed by atoms with van der Waals surface area (Å²) in [6, 6.07) is 7.86. The molecule has 1 aromatic carbocycles. The highest BCUT2D eigenvalue weighted by atomic mass is 16.6. The Hall–Kier alpha value is -2.04. The van der Waals surface area contributed by atoms with Crippen LogP contribution >= 0.6 is 0 Å². The Bertz CT molecular complexity index is 573. The molecule has 126 valence electrons. The second kappa shape index (κ2) is 7.02. The lowest BCUT2D eigenvalue weighted by atomic mass is 9.86. The number of ether oxygens (including phenoxy) is 2. The van der Waals surface area contributed by atoms with E-state index < -0.39 is 12.1 Å². The average Bonchev–Trinajstić information content (AvgIpc) is 3.28. The molecule has 0 aliphatic heterocycles. The van der Waals surface area contributed by atoms with Crippen LogP contribution in [0.2, 0.25) is 0 Å². The molecule has 1 aromatic rings. The van der Waals surface area contributed by atoms with E-state index in [1.165, 1.54) is 0 Å². The first-order chi connectivity index (χ1) is 10.8. The maximum Gasteiger partial charge on any atom is 0.344 e. The lowest BCUT2D eigenvalue weighted by molar-refractivity contribution is -0.156. The predicted octanol–water partition coefficient (Wildman–Crippen LogP) is 2.57. The average molecular weight is 319 g/mol. The number of rotatable bonds is 6. The van der Waals surface area contributed by atoms with Crippen molar-refractivity contribution >= 4 is 11.9 Å². The molecule has 0 radical (unpaired) electrons. The Kier molecular flexibility index (Phi) is 5.29. The lowest BCUT2D eigenvalue weighted by Gasteiger charge is -2.22. The molecule has 1 atom stereocenters. The van der Waals surface area contributed by atoms with Crippen LogP contribution in [0.25, 0.3) is 0 Å². The molecule has 1 amide bonds. The van der Waals surface area contributed by atoms with Crippen molar-refractivity contribution in [2.75, 3.05) is 6.61 Å². The van der Waals surface area contributed by atoms with Crippen LogP contribution in [0.4, 0.5) is 0 Å². The van der Waals surface area contributed by atoms with Crippen LogP contribution in [0, 0.1) is 0 Å². The van der Waals surface area contributed by atoms with Crippen LogP contribution in [0.5, 0.6) is 5.75 Å². The van der Waals surface area contributed by atoms with Crippen molar-refractivity contribution in [3.8, 4) is 5.75 Å². The van der Waals surface area contributed by atoms with Crippen molar-refractivity contribution in [3.05, 3.63) is 29.8 Å². The summed E-state index contributed by atoms with van der Waals surface area (Å²) in [6.45, 7) is 7.60. The van der Waals surface area contributed by atoms with Crippen LogP contribution in [-0.2, 0) is 19.7 Å². The number of nitrogens with one attached hydrogen (secondary N) is 1. The second-order valence-electron chi connectivity index (χ2n) is 6.95. The van der Waals surface area contributed by atoms with Crippen molar-refractivity contribution < 1.29 is 19.1 Å². The Balaban J connectivity index is 1.85. The fraction of sp³-hybridized carbons (Fsp3) is 0.556. The van der Waals surface area contributed by atoms with Crippen molar-refractivity contribution in [2.45, 2.75) is 58.1 Å². The molecule has 1 saturated carbocycles. The largest absolute Gasteiger partial charge is 0.482 e. The fourth-order valence-electron chi connectivity index (χ4n) is 2.18. The van der Waals surface area contributed by atoms with Gasteiger partial charge in [0.2, 0.25) is 0 Å². The van der Waals surface area contributed by atoms with Gasteiger partial charge in [-0.3, -0.25) is 4.79 Å². The zero-order chi connectivity index (χ0) is 17.0. The monoisotopic (exact) mass is 319 g/mol. The van der Waals surface area contributed by atoms with Crippen molar-refractivity contribution in [3.63, 3.8) is 0 Å². The predicted molar refractivity (Wildman–Crippen MR) is 87.4 cm³/mol. The highest BCUT2D eigenvalue weighted by molar-refractivity contribution is 5.84. The Morgan fingerprint density at radius 3 is 2.52 bits per heavy atom. The molecule has 1 aliphatic rings. The number of amides is 1. The molecule has 0 unspecified atom stereocenters. The molecule has 5 nitrogen and oxygen atoms in total. The third kappa shape index (κ3) is 5.27. The van der Waals surface area contributed by atoms with Gasteiger partial charge in [-0.2, -0.15) is 0 Å². The van der Waals surface area contributed by atoms with E-state index in [2.05, 4.69) is 26.1 Å². The number of carbonyl (C=O) groups excluding carboxylic acids is 2. The molecule has 0 bridgehead atoms. The SMILES string of the molecule is C[C@H](OC(=O)COc1ccccc1C(C)(C)C)C(=O)NC1CC1. The third-order valence-electron chi connectivity index (χ3n) is 3.64. The molecule has 0 saturated heterocycles. The van der Waals surface area contributed by atoms with E-state index in [0.29, 0.717) is 5.75 Å². The van der Waals surface area contributed by atoms with E-state index in [9.17, 15) is 9.59 Å². The van der Waals surface area contributed by atoms with Gasteiger partial charge >= 0.3 is 5.97 Å². The maximum atomic E-state index is 11.9. The molecule has 5 heteroatoms. The van der Waals surface area contributed by atoms with E-state index in [1.807, 2.05) is 24.3 Å². The maximum absolute atomic E-state index is 11.9. The molecule has 2 rings (SSSR count). The van der Waals surface area contributed by atoms with Crippen LogP contribution in [0.15, 0.2) is 24.3 Å². The Morgan fingerprint density at radius 1 is 1.26 bits per heavy atom. The molecular weight excluding hydrogens is 294 g/mol. The quantitative estimate of drug-likeness (QED) is 0.819. The van der Waals surface area contributed by atoms with E-state index in [4.69, 9.17) is 9.47 Å². The summed E-state index contributed by atoms with van der Waals surface area (Å²) in [5.74, 6) is -0.143. The van der Waals surface area contributed by atoms with Gasteiger partial charge in [0.1, 0.15) is 5.75 Å². The third-order valence-corrected chi connectivity index (χ3v) is 3.64. The standard InChI is InChI=1S/C18H25NO4/c1-12(17(21)19-13-9-10-13)23-16(20)11-22-15-8-6-5-7-14(15)18(2,3)4/h5-8,12-13H,9-11H2,1-4H3,(H,19,21)/t12-/m0/s1. The minimum absolute atomic E-state index is 0.0854. The molecular formula is C18H25NO4. The summed E-state index contributed by atoms with van der Waals surface area (Å²) in [6.07, 6.45) is 1.20. The van der Waals surface area contributed by atoms with E-state index in [-0.39, 0.29) is 24.0 Å². The summed E-state index contributed by atoms with van der Waals surface area (Å²) in [7, 11) is 0. The normalized spacial score (nSPS) is 15.7. The zero-order valence-corrected chi connectivity index (χ0v) is 14.2. The van der Waals surface area contributed by atoms with Crippen LogP contribution in [0.1, 0.15) is 46.1 Å². The number of hydrogen-bond acceptors (Lipinski definition) is 4.